The van der Waals surface area contributed by atoms with Crippen molar-refractivity contribution in [1.82, 2.24) is 15.2 Å². The molecule has 0 aliphatic heterocycles. The number of hydrogen-bond acceptors (Lipinski definition) is 5. The Kier molecular flexibility index (Phi) is 9.13. The van der Waals surface area contributed by atoms with E-state index in [2.05, 4.69) is 10.3 Å². The Morgan fingerprint density at radius 2 is 1.97 bits per heavy atom. The number of halogens is 2. The number of rotatable bonds is 9. The third-order valence-electron chi connectivity index (χ3n) is 4.35. The largest absolute Gasteiger partial charge is 0.459 e. The molecule has 1 heterocycles. The average Bonchev–Trinajstić information content (AvgIpc) is 2.74. The summed E-state index contributed by atoms with van der Waals surface area (Å²) >= 11 is 5.82. The van der Waals surface area contributed by atoms with Gasteiger partial charge in [-0.3, -0.25) is 19.4 Å². The maximum atomic E-state index is 13.5. The summed E-state index contributed by atoms with van der Waals surface area (Å²) in [5.41, 5.74) is 0.416. The number of pyridine rings is 1. The van der Waals surface area contributed by atoms with Gasteiger partial charge in [0.05, 0.1) is 0 Å². The van der Waals surface area contributed by atoms with Crippen LogP contribution in [0.2, 0.25) is 0 Å². The van der Waals surface area contributed by atoms with Crippen molar-refractivity contribution in [3.8, 4) is 0 Å². The van der Waals surface area contributed by atoms with Crippen LogP contribution in [-0.2, 0) is 25.5 Å². The highest BCUT2D eigenvalue weighted by atomic mass is 35.5. The van der Waals surface area contributed by atoms with Crippen molar-refractivity contribution in [3.63, 3.8) is 0 Å². The van der Waals surface area contributed by atoms with Gasteiger partial charge >= 0.3 is 5.97 Å². The second kappa shape index (κ2) is 11.6. The van der Waals surface area contributed by atoms with Crippen LogP contribution in [0.1, 0.15) is 37.9 Å². The molecule has 172 valence electrons. The van der Waals surface area contributed by atoms with Gasteiger partial charge in [0.2, 0.25) is 11.8 Å². The molecule has 7 nitrogen and oxygen atoms in total. The summed E-state index contributed by atoms with van der Waals surface area (Å²) < 4.78 is 18.8. The lowest BCUT2D eigenvalue weighted by molar-refractivity contribution is -0.154. The molecule has 1 N–H and O–H groups in total. The molecule has 0 fully saturated rings. The normalized spacial score (nSPS) is 12.0. The summed E-state index contributed by atoms with van der Waals surface area (Å²) in [4.78, 5) is 43.2. The highest BCUT2D eigenvalue weighted by Gasteiger charge is 2.31. The Morgan fingerprint density at radius 3 is 2.56 bits per heavy atom. The first-order valence-corrected chi connectivity index (χ1v) is 10.6. The molecule has 2 amide bonds. The Balaban J connectivity index is 2.25. The van der Waals surface area contributed by atoms with Crippen molar-refractivity contribution in [3.05, 3.63) is 65.7 Å². The van der Waals surface area contributed by atoms with E-state index in [1.807, 2.05) is 0 Å². The second-order valence-corrected chi connectivity index (χ2v) is 8.36. The lowest BCUT2D eigenvalue weighted by Crippen LogP contribution is -2.46. The number of esters is 1. The predicted molar refractivity (Wildman–Crippen MR) is 118 cm³/mol. The topological polar surface area (TPSA) is 88.6 Å². The van der Waals surface area contributed by atoms with E-state index in [9.17, 15) is 18.8 Å². The first-order valence-electron chi connectivity index (χ1n) is 10.1. The number of carbonyl (C=O) groups excluding carboxylic acids is 3. The highest BCUT2D eigenvalue weighted by Crippen LogP contribution is 2.22. The zero-order chi connectivity index (χ0) is 23.7. The Morgan fingerprint density at radius 1 is 1.22 bits per heavy atom. The van der Waals surface area contributed by atoms with Crippen LogP contribution in [0.25, 0.3) is 0 Å². The van der Waals surface area contributed by atoms with Gasteiger partial charge in [-0.15, -0.1) is 11.6 Å². The quantitative estimate of drug-likeness (QED) is 0.456. The maximum absolute atomic E-state index is 13.5. The smallest absolute Gasteiger partial charge is 0.325 e. The van der Waals surface area contributed by atoms with E-state index >= 15 is 0 Å². The SMILES string of the molecule is CC(C)(C)OC(=O)CNC(=O)C(c1cccnc1)N(CCc1cccc(F)c1)C(=O)CCl. The molecule has 2 rings (SSSR count). The fraction of sp³-hybridized carbons (Fsp3) is 0.391. The number of nitrogens with one attached hydrogen (secondary N) is 1. The van der Waals surface area contributed by atoms with E-state index in [-0.39, 0.29) is 19.0 Å². The van der Waals surface area contributed by atoms with E-state index in [1.165, 1.54) is 23.2 Å². The lowest BCUT2D eigenvalue weighted by Gasteiger charge is -2.31. The fourth-order valence-electron chi connectivity index (χ4n) is 3.06. The van der Waals surface area contributed by atoms with Gasteiger partial charge in [-0.25, -0.2) is 4.39 Å². The zero-order valence-corrected chi connectivity index (χ0v) is 19.1. The molecule has 1 atom stereocenters. The maximum Gasteiger partial charge on any atom is 0.325 e. The molecule has 0 aliphatic carbocycles. The summed E-state index contributed by atoms with van der Waals surface area (Å²) in [6, 6.07) is 8.21. The summed E-state index contributed by atoms with van der Waals surface area (Å²) in [6.45, 7) is 4.91. The molecular formula is C23H27ClFN3O4. The fourth-order valence-corrected chi connectivity index (χ4v) is 3.21. The van der Waals surface area contributed by atoms with Crippen molar-refractivity contribution >= 4 is 29.4 Å². The second-order valence-electron chi connectivity index (χ2n) is 8.09. The van der Waals surface area contributed by atoms with E-state index in [0.29, 0.717) is 17.5 Å². The number of nitrogens with zero attached hydrogens (tertiary/aromatic N) is 2. The standard InChI is InChI=1S/C23H27ClFN3O4/c1-23(2,3)32-20(30)15-27-22(31)21(17-7-5-10-26-14-17)28(19(29)13-24)11-9-16-6-4-8-18(25)12-16/h4-8,10,12,14,21H,9,11,13,15H2,1-3H3,(H,27,31). The Labute approximate surface area is 191 Å². The Hall–Kier alpha value is -3.00. The van der Waals surface area contributed by atoms with Gasteiger partial charge in [-0.05, 0) is 51.0 Å². The van der Waals surface area contributed by atoms with Gasteiger partial charge in [-0.1, -0.05) is 18.2 Å². The molecule has 32 heavy (non-hydrogen) atoms. The molecule has 9 heteroatoms. The van der Waals surface area contributed by atoms with Gasteiger partial charge in [0.15, 0.2) is 0 Å². The zero-order valence-electron chi connectivity index (χ0n) is 18.3. The number of amides is 2. The monoisotopic (exact) mass is 463 g/mol. The minimum atomic E-state index is -1.08. The number of hydrogen-bond donors (Lipinski definition) is 1. The van der Waals surface area contributed by atoms with Crippen LogP contribution >= 0.6 is 11.6 Å². The van der Waals surface area contributed by atoms with Crippen molar-refractivity contribution in [2.75, 3.05) is 19.0 Å². The molecule has 0 aliphatic rings. The van der Waals surface area contributed by atoms with Crippen LogP contribution in [0.15, 0.2) is 48.8 Å². The summed E-state index contributed by atoms with van der Waals surface area (Å²) in [5.74, 6) is -2.41. The van der Waals surface area contributed by atoms with Crippen LogP contribution in [0, 0.1) is 5.82 Å². The number of alkyl halides is 1. The predicted octanol–water partition coefficient (Wildman–Crippen LogP) is 3.03. The molecule has 0 saturated carbocycles. The minimum Gasteiger partial charge on any atom is -0.459 e. The average molecular weight is 464 g/mol. The van der Waals surface area contributed by atoms with Crippen molar-refractivity contribution in [1.29, 1.82) is 0 Å². The molecule has 0 bridgehead atoms. The summed E-state index contributed by atoms with van der Waals surface area (Å²) in [5, 5.41) is 2.53. The summed E-state index contributed by atoms with van der Waals surface area (Å²) in [6.07, 6.45) is 3.31. The first-order chi connectivity index (χ1) is 15.1. The van der Waals surface area contributed by atoms with Crippen LogP contribution in [0.4, 0.5) is 4.39 Å². The molecule has 1 aromatic carbocycles. The number of ether oxygens (including phenoxy) is 1. The van der Waals surface area contributed by atoms with E-state index in [0.717, 1.165) is 0 Å². The van der Waals surface area contributed by atoms with Crippen LogP contribution in [0.5, 0.6) is 0 Å². The molecule has 0 radical (unpaired) electrons. The minimum absolute atomic E-state index is 0.106. The van der Waals surface area contributed by atoms with Crippen LogP contribution in [-0.4, -0.2) is 52.2 Å². The lowest BCUT2D eigenvalue weighted by atomic mass is 10.0. The van der Waals surface area contributed by atoms with Crippen LogP contribution in [0.3, 0.4) is 0 Å². The van der Waals surface area contributed by atoms with E-state index in [1.54, 1.807) is 51.2 Å². The van der Waals surface area contributed by atoms with Gasteiger partial charge in [0, 0.05) is 24.5 Å². The van der Waals surface area contributed by atoms with Gasteiger partial charge in [0.1, 0.15) is 29.9 Å². The van der Waals surface area contributed by atoms with Gasteiger partial charge in [0.25, 0.3) is 0 Å². The van der Waals surface area contributed by atoms with Crippen molar-refractivity contribution in [2.24, 2.45) is 0 Å². The van der Waals surface area contributed by atoms with Crippen LogP contribution < -0.4 is 5.32 Å². The molecule has 1 unspecified atom stereocenters. The molecule has 1 aromatic heterocycles. The number of aromatic nitrogens is 1. The summed E-state index contributed by atoms with van der Waals surface area (Å²) in [7, 11) is 0. The van der Waals surface area contributed by atoms with E-state index < -0.39 is 35.2 Å². The van der Waals surface area contributed by atoms with Gasteiger partial charge in [-0.2, -0.15) is 0 Å². The first kappa shape index (κ1) is 25.3. The van der Waals surface area contributed by atoms with Crippen molar-refractivity contribution in [2.45, 2.75) is 38.8 Å². The third kappa shape index (κ3) is 7.92. The molecular weight excluding hydrogens is 437 g/mol. The number of benzene rings is 1. The number of carbonyl (C=O) groups is 3. The third-order valence-corrected chi connectivity index (χ3v) is 4.58. The van der Waals surface area contributed by atoms with Gasteiger partial charge < -0.3 is 15.0 Å². The highest BCUT2D eigenvalue weighted by molar-refractivity contribution is 6.27. The van der Waals surface area contributed by atoms with E-state index in [4.69, 9.17) is 16.3 Å². The van der Waals surface area contributed by atoms with Crippen molar-refractivity contribution < 1.29 is 23.5 Å². The molecule has 0 spiro atoms. The Bertz CT molecular complexity index is 934. The molecule has 0 saturated heterocycles. The molecule has 2 aromatic rings.